The van der Waals surface area contributed by atoms with Gasteiger partial charge in [0, 0.05) is 13.1 Å². The van der Waals surface area contributed by atoms with Gasteiger partial charge in [-0.15, -0.1) is 0 Å². The Balaban J connectivity index is 2.52. The van der Waals surface area contributed by atoms with Crippen LogP contribution in [-0.4, -0.2) is 52.4 Å². The van der Waals surface area contributed by atoms with E-state index in [2.05, 4.69) is 0 Å². The van der Waals surface area contributed by atoms with Crippen molar-refractivity contribution in [1.29, 1.82) is 0 Å². The molecular formula is C7H14N2O3. The lowest BCUT2D eigenvalue weighted by Gasteiger charge is -2.17. The average Bonchev–Trinajstić information content (AvgIpc) is 2.30. The average molecular weight is 174 g/mol. The SMILES string of the molecule is CC(N)C(=O)N1C[C@@H](O)[C@@H](O)C1. The number of nitrogens with two attached hydrogens (primary N) is 1. The minimum absolute atomic E-state index is 0.182. The van der Waals surface area contributed by atoms with Gasteiger partial charge in [-0.05, 0) is 6.92 Å². The number of hydrogen-bond donors (Lipinski definition) is 3. The summed E-state index contributed by atoms with van der Waals surface area (Å²) in [6.07, 6.45) is -1.65. The summed E-state index contributed by atoms with van der Waals surface area (Å²) in [5, 5.41) is 18.2. The van der Waals surface area contributed by atoms with Gasteiger partial charge in [-0.3, -0.25) is 4.79 Å². The number of hydrogen-bond acceptors (Lipinski definition) is 4. The Morgan fingerprint density at radius 3 is 2.25 bits per heavy atom. The molecule has 0 bridgehead atoms. The molecule has 70 valence electrons. The number of likely N-dealkylation sites (tertiary alicyclic amines) is 1. The molecule has 1 rings (SSSR count). The molecule has 0 aromatic heterocycles. The number of aliphatic hydroxyl groups excluding tert-OH is 2. The van der Waals surface area contributed by atoms with E-state index in [0.717, 1.165) is 0 Å². The maximum atomic E-state index is 11.2. The fourth-order valence-corrected chi connectivity index (χ4v) is 1.24. The summed E-state index contributed by atoms with van der Waals surface area (Å²) < 4.78 is 0. The van der Waals surface area contributed by atoms with Gasteiger partial charge >= 0.3 is 0 Å². The van der Waals surface area contributed by atoms with Crippen LogP contribution < -0.4 is 5.73 Å². The minimum Gasteiger partial charge on any atom is -0.388 e. The molecular weight excluding hydrogens is 160 g/mol. The number of β-amino-alcohol motifs (C(OH)–C–C–N with tert-alkyl or cyclic N) is 2. The van der Waals surface area contributed by atoms with Crippen molar-refractivity contribution < 1.29 is 15.0 Å². The van der Waals surface area contributed by atoms with Crippen molar-refractivity contribution in [3.8, 4) is 0 Å². The Kier molecular flexibility index (Phi) is 2.66. The molecule has 0 aliphatic carbocycles. The van der Waals surface area contributed by atoms with E-state index in [1.165, 1.54) is 4.90 Å². The zero-order valence-corrected chi connectivity index (χ0v) is 6.97. The van der Waals surface area contributed by atoms with Crippen molar-refractivity contribution in [2.24, 2.45) is 5.73 Å². The molecule has 1 saturated heterocycles. The molecule has 12 heavy (non-hydrogen) atoms. The smallest absolute Gasteiger partial charge is 0.239 e. The zero-order chi connectivity index (χ0) is 9.30. The largest absolute Gasteiger partial charge is 0.388 e. The molecule has 5 nitrogen and oxygen atoms in total. The molecule has 1 fully saturated rings. The number of aliphatic hydroxyl groups is 2. The van der Waals surface area contributed by atoms with E-state index in [1.807, 2.05) is 0 Å². The molecule has 0 aromatic carbocycles. The summed E-state index contributed by atoms with van der Waals surface area (Å²) in [5.41, 5.74) is 5.35. The van der Waals surface area contributed by atoms with Gasteiger partial charge in [0.2, 0.25) is 5.91 Å². The Labute approximate surface area is 70.8 Å². The predicted octanol–water partition coefficient (Wildman–Crippen LogP) is -2.10. The van der Waals surface area contributed by atoms with E-state index in [1.54, 1.807) is 6.92 Å². The Bertz CT molecular complexity index is 173. The highest BCUT2D eigenvalue weighted by Crippen LogP contribution is 2.10. The van der Waals surface area contributed by atoms with E-state index in [4.69, 9.17) is 15.9 Å². The number of rotatable bonds is 1. The minimum atomic E-state index is -0.826. The molecule has 3 atom stereocenters. The first-order chi connectivity index (χ1) is 5.52. The lowest BCUT2D eigenvalue weighted by Crippen LogP contribution is -2.41. The van der Waals surface area contributed by atoms with Gasteiger partial charge in [0.15, 0.2) is 0 Å². The first kappa shape index (κ1) is 9.44. The molecule has 0 aromatic rings. The first-order valence-corrected chi connectivity index (χ1v) is 3.93. The van der Waals surface area contributed by atoms with Gasteiger partial charge in [-0.1, -0.05) is 0 Å². The second-order valence-corrected chi connectivity index (χ2v) is 3.17. The highest BCUT2D eigenvalue weighted by atomic mass is 16.3. The van der Waals surface area contributed by atoms with E-state index >= 15 is 0 Å². The Morgan fingerprint density at radius 1 is 1.50 bits per heavy atom. The summed E-state index contributed by atoms with van der Waals surface area (Å²) in [6, 6.07) is -0.567. The highest BCUT2D eigenvalue weighted by Gasteiger charge is 2.33. The number of carbonyl (C=O) groups is 1. The van der Waals surface area contributed by atoms with Gasteiger partial charge in [0.1, 0.15) is 0 Å². The maximum Gasteiger partial charge on any atom is 0.239 e. The molecule has 0 spiro atoms. The van der Waals surface area contributed by atoms with E-state index < -0.39 is 18.2 Å². The Hall–Kier alpha value is -0.650. The normalized spacial score (nSPS) is 32.2. The zero-order valence-electron chi connectivity index (χ0n) is 6.97. The van der Waals surface area contributed by atoms with Gasteiger partial charge in [0.25, 0.3) is 0 Å². The molecule has 5 heteroatoms. The van der Waals surface area contributed by atoms with Crippen LogP contribution in [-0.2, 0) is 4.79 Å². The summed E-state index contributed by atoms with van der Waals surface area (Å²) >= 11 is 0. The lowest BCUT2D eigenvalue weighted by molar-refractivity contribution is -0.131. The predicted molar refractivity (Wildman–Crippen MR) is 42.2 cm³/mol. The third-order valence-electron chi connectivity index (χ3n) is 1.96. The van der Waals surface area contributed by atoms with Crippen molar-refractivity contribution in [2.75, 3.05) is 13.1 Å². The van der Waals surface area contributed by atoms with Crippen molar-refractivity contribution >= 4 is 5.91 Å². The van der Waals surface area contributed by atoms with Gasteiger partial charge in [-0.2, -0.15) is 0 Å². The number of amides is 1. The summed E-state index contributed by atoms with van der Waals surface area (Å²) in [7, 11) is 0. The second kappa shape index (κ2) is 3.38. The van der Waals surface area contributed by atoms with Crippen LogP contribution in [0.25, 0.3) is 0 Å². The van der Waals surface area contributed by atoms with Gasteiger partial charge in [0.05, 0.1) is 18.2 Å². The second-order valence-electron chi connectivity index (χ2n) is 3.17. The molecule has 0 radical (unpaired) electrons. The maximum absolute atomic E-state index is 11.2. The third kappa shape index (κ3) is 1.74. The summed E-state index contributed by atoms with van der Waals surface area (Å²) in [4.78, 5) is 12.6. The number of nitrogens with zero attached hydrogens (tertiary/aromatic N) is 1. The van der Waals surface area contributed by atoms with Crippen molar-refractivity contribution in [3.63, 3.8) is 0 Å². The van der Waals surface area contributed by atoms with Crippen LogP contribution in [0.2, 0.25) is 0 Å². The van der Waals surface area contributed by atoms with Crippen LogP contribution in [0.15, 0.2) is 0 Å². The lowest BCUT2D eigenvalue weighted by atomic mass is 10.3. The standard InChI is InChI=1S/C7H14N2O3/c1-4(8)7(12)9-2-5(10)6(11)3-9/h4-6,10-11H,2-3,8H2,1H3/t4?,5-,6+. The van der Waals surface area contributed by atoms with Crippen LogP contribution >= 0.6 is 0 Å². The fourth-order valence-electron chi connectivity index (χ4n) is 1.24. The summed E-state index contributed by atoms with van der Waals surface area (Å²) in [5.74, 6) is -0.231. The van der Waals surface area contributed by atoms with Crippen LogP contribution in [0.4, 0.5) is 0 Å². The van der Waals surface area contributed by atoms with Crippen LogP contribution in [0.3, 0.4) is 0 Å². The van der Waals surface area contributed by atoms with Crippen molar-refractivity contribution in [1.82, 2.24) is 4.90 Å². The van der Waals surface area contributed by atoms with Crippen molar-refractivity contribution in [2.45, 2.75) is 25.2 Å². The molecule has 4 N–H and O–H groups in total. The van der Waals surface area contributed by atoms with E-state index in [9.17, 15) is 4.79 Å². The molecule has 1 unspecified atom stereocenters. The summed E-state index contributed by atoms with van der Waals surface area (Å²) in [6.45, 7) is 1.95. The van der Waals surface area contributed by atoms with E-state index in [0.29, 0.717) is 0 Å². The molecule has 1 aliphatic rings. The van der Waals surface area contributed by atoms with Crippen LogP contribution in [0.1, 0.15) is 6.92 Å². The monoisotopic (exact) mass is 174 g/mol. The third-order valence-corrected chi connectivity index (χ3v) is 1.96. The van der Waals surface area contributed by atoms with Crippen molar-refractivity contribution in [3.05, 3.63) is 0 Å². The quantitative estimate of drug-likeness (QED) is 0.425. The molecule has 1 amide bonds. The Morgan fingerprint density at radius 2 is 1.92 bits per heavy atom. The van der Waals surface area contributed by atoms with Crippen LogP contribution in [0.5, 0.6) is 0 Å². The highest BCUT2D eigenvalue weighted by molar-refractivity contribution is 5.81. The van der Waals surface area contributed by atoms with Crippen LogP contribution in [0, 0.1) is 0 Å². The first-order valence-electron chi connectivity index (χ1n) is 3.93. The van der Waals surface area contributed by atoms with Gasteiger partial charge in [-0.25, -0.2) is 0 Å². The fraction of sp³-hybridized carbons (Fsp3) is 0.857. The van der Waals surface area contributed by atoms with E-state index in [-0.39, 0.29) is 19.0 Å². The molecule has 1 aliphatic heterocycles. The molecule has 0 saturated carbocycles. The van der Waals surface area contributed by atoms with Gasteiger partial charge < -0.3 is 20.8 Å². The topological polar surface area (TPSA) is 86.8 Å². The molecule has 1 heterocycles. The number of carbonyl (C=O) groups excluding carboxylic acids is 1.